The lowest BCUT2D eigenvalue weighted by atomic mass is 10.3. The van der Waals surface area contributed by atoms with E-state index in [1.54, 1.807) is 34.0 Å². The monoisotopic (exact) mass is 648 g/mol. The Morgan fingerprint density at radius 2 is 0.558 bits per heavy atom. The van der Waals surface area contributed by atoms with Gasteiger partial charge in [-0.3, -0.25) is 0 Å². The molecule has 0 bridgehead atoms. The molecule has 210 valence electrons. The van der Waals surface area contributed by atoms with Crippen LogP contribution in [-0.2, 0) is 9.13 Å². The van der Waals surface area contributed by atoms with Crippen LogP contribution in [0.4, 0.5) is 0 Å². The van der Waals surface area contributed by atoms with Gasteiger partial charge in [0.2, 0.25) is 0 Å². The molecule has 0 saturated heterocycles. The first-order valence-electron chi connectivity index (χ1n) is 13.8. The van der Waals surface area contributed by atoms with Gasteiger partial charge in [0.15, 0.2) is 14.3 Å². The molecule has 7 rings (SSSR count). The van der Waals surface area contributed by atoms with Crippen molar-refractivity contribution in [2.45, 2.75) is 0 Å². The molecule has 7 aromatic rings. The lowest BCUT2D eigenvalue weighted by molar-refractivity contribution is 0.592. The van der Waals surface area contributed by atoms with Gasteiger partial charge >= 0.3 is 0 Å². The van der Waals surface area contributed by atoms with Crippen LogP contribution < -0.4 is 30.5 Å². The SMILES string of the molecule is O=P(c1ccccc1)(c1ccccc1)c1ccc(-c2ccc(-c3ccc(P(=O)(c4ccccc4)c4ccccc4)s3)s2)s1. The van der Waals surface area contributed by atoms with E-state index in [1.807, 2.05) is 133 Å². The molecule has 0 spiro atoms. The summed E-state index contributed by atoms with van der Waals surface area (Å²) in [6.07, 6.45) is 0. The summed E-state index contributed by atoms with van der Waals surface area (Å²) in [5.41, 5.74) is 0. The predicted octanol–water partition coefficient (Wildman–Crippen LogP) is 8.48. The van der Waals surface area contributed by atoms with Crippen LogP contribution in [0.1, 0.15) is 0 Å². The van der Waals surface area contributed by atoms with E-state index < -0.39 is 14.3 Å². The lowest BCUT2D eigenvalue weighted by Gasteiger charge is -2.17. The second-order valence-electron chi connectivity index (χ2n) is 10.0. The third-order valence-electron chi connectivity index (χ3n) is 7.38. The number of hydrogen-bond donors (Lipinski definition) is 0. The quantitative estimate of drug-likeness (QED) is 0.155. The summed E-state index contributed by atoms with van der Waals surface area (Å²) >= 11 is 4.91. The van der Waals surface area contributed by atoms with Crippen LogP contribution in [-0.4, -0.2) is 0 Å². The zero-order valence-electron chi connectivity index (χ0n) is 22.9. The standard InChI is InChI=1S/C36H26O2P2S3/c37-39(27-13-5-1-6-14-27,28-15-7-2-8-16-28)35-25-23-33(42-35)31-21-22-32(41-31)34-24-26-36(43-34)40(38,29-17-9-3-10-18-29)30-19-11-4-12-20-30/h1-26H. The topological polar surface area (TPSA) is 34.1 Å². The fourth-order valence-corrected chi connectivity index (χ4v) is 15.3. The number of benzene rings is 4. The third kappa shape index (κ3) is 5.16. The van der Waals surface area contributed by atoms with Gasteiger partial charge in [-0.15, -0.1) is 34.0 Å². The summed E-state index contributed by atoms with van der Waals surface area (Å²) in [5.74, 6) is 0. The second-order valence-corrected chi connectivity index (χ2v) is 19.3. The van der Waals surface area contributed by atoms with Gasteiger partial charge in [0.25, 0.3) is 0 Å². The molecule has 0 aliphatic rings. The summed E-state index contributed by atoms with van der Waals surface area (Å²) in [6, 6.07) is 51.7. The number of hydrogen-bond acceptors (Lipinski definition) is 5. The molecule has 7 heteroatoms. The molecular weight excluding hydrogens is 623 g/mol. The molecular formula is C36H26O2P2S3. The summed E-state index contributed by atoms with van der Waals surface area (Å²) in [6.45, 7) is 0. The average Bonchev–Trinajstić information content (AvgIpc) is 3.87. The Kier molecular flexibility index (Phi) is 7.78. The van der Waals surface area contributed by atoms with Crippen molar-refractivity contribution in [2.75, 3.05) is 0 Å². The van der Waals surface area contributed by atoms with Gasteiger partial charge in [-0.05, 0) is 36.4 Å². The summed E-state index contributed by atoms with van der Waals surface area (Å²) in [7, 11) is -6.01. The fraction of sp³-hybridized carbons (Fsp3) is 0. The first-order chi connectivity index (χ1) is 21.1. The fourth-order valence-electron chi connectivity index (χ4n) is 5.22. The van der Waals surface area contributed by atoms with E-state index >= 15 is 0 Å². The van der Waals surface area contributed by atoms with Crippen molar-refractivity contribution >= 4 is 78.7 Å². The largest absolute Gasteiger partial charge is 0.308 e. The minimum atomic E-state index is -3.01. The molecule has 0 N–H and O–H groups in total. The molecule has 43 heavy (non-hydrogen) atoms. The highest BCUT2D eigenvalue weighted by atomic mass is 32.1. The molecule has 3 aromatic heterocycles. The normalized spacial score (nSPS) is 11.9. The minimum absolute atomic E-state index is 0.842. The van der Waals surface area contributed by atoms with Crippen LogP contribution in [0.25, 0.3) is 19.5 Å². The van der Waals surface area contributed by atoms with Gasteiger partial charge in [-0.25, -0.2) is 0 Å². The number of rotatable bonds is 8. The van der Waals surface area contributed by atoms with Gasteiger partial charge in [0.05, 0.1) is 9.24 Å². The smallest absolute Gasteiger partial charge is 0.180 e. The van der Waals surface area contributed by atoms with Crippen molar-refractivity contribution in [3.05, 3.63) is 158 Å². The maximum Gasteiger partial charge on any atom is 0.180 e. The average molecular weight is 649 g/mol. The molecule has 0 unspecified atom stereocenters. The molecule has 3 heterocycles. The molecule has 0 aliphatic carbocycles. The minimum Gasteiger partial charge on any atom is -0.308 e. The van der Waals surface area contributed by atoms with Crippen LogP contribution >= 0.6 is 48.3 Å². The van der Waals surface area contributed by atoms with Gasteiger partial charge in [0.1, 0.15) is 0 Å². The van der Waals surface area contributed by atoms with Crippen molar-refractivity contribution in [1.82, 2.24) is 0 Å². The Hall–Kier alpha value is -3.56. The van der Waals surface area contributed by atoms with Crippen LogP contribution in [0, 0.1) is 0 Å². The molecule has 0 aliphatic heterocycles. The Morgan fingerprint density at radius 3 is 0.860 bits per heavy atom. The third-order valence-corrected chi connectivity index (χ3v) is 18.4. The van der Waals surface area contributed by atoms with Crippen molar-refractivity contribution in [3.8, 4) is 19.5 Å². The zero-order chi connectivity index (χ0) is 29.3. The highest BCUT2D eigenvalue weighted by Crippen LogP contribution is 2.49. The van der Waals surface area contributed by atoms with Crippen molar-refractivity contribution in [1.29, 1.82) is 0 Å². The highest BCUT2D eigenvalue weighted by Gasteiger charge is 2.33. The second kappa shape index (κ2) is 11.8. The first-order valence-corrected chi connectivity index (χ1v) is 19.7. The molecule has 2 nitrogen and oxygen atoms in total. The Labute approximate surface area is 263 Å². The van der Waals surface area contributed by atoms with E-state index in [4.69, 9.17) is 0 Å². The first kappa shape index (κ1) is 28.2. The van der Waals surface area contributed by atoms with Gasteiger partial charge in [-0.2, -0.15) is 0 Å². The van der Waals surface area contributed by atoms with Crippen molar-refractivity contribution in [2.24, 2.45) is 0 Å². The predicted molar refractivity (Wildman–Crippen MR) is 190 cm³/mol. The Bertz CT molecular complexity index is 1840. The van der Waals surface area contributed by atoms with Crippen molar-refractivity contribution < 1.29 is 9.13 Å². The Balaban J connectivity index is 1.24. The maximum atomic E-state index is 14.8. The van der Waals surface area contributed by atoms with E-state index in [0.717, 1.165) is 50.0 Å². The molecule has 0 fully saturated rings. The van der Waals surface area contributed by atoms with E-state index in [2.05, 4.69) is 24.3 Å². The molecule has 0 amide bonds. The maximum absolute atomic E-state index is 14.8. The van der Waals surface area contributed by atoms with E-state index in [0.29, 0.717) is 0 Å². The molecule has 0 radical (unpaired) electrons. The molecule has 4 aromatic carbocycles. The summed E-state index contributed by atoms with van der Waals surface area (Å²) in [5, 5.41) is 3.37. The number of thiophene rings is 3. The molecule has 0 atom stereocenters. The highest BCUT2D eigenvalue weighted by molar-refractivity contribution is 7.89. The summed E-state index contributed by atoms with van der Waals surface area (Å²) in [4.78, 5) is 4.44. The molecule has 0 saturated carbocycles. The summed E-state index contributed by atoms with van der Waals surface area (Å²) < 4.78 is 31.4. The van der Waals surface area contributed by atoms with Gasteiger partial charge < -0.3 is 9.13 Å². The lowest BCUT2D eigenvalue weighted by Crippen LogP contribution is -2.22. The Morgan fingerprint density at radius 1 is 0.302 bits per heavy atom. The van der Waals surface area contributed by atoms with Crippen LogP contribution in [0.2, 0.25) is 0 Å². The van der Waals surface area contributed by atoms with E-state index in [-0.39, 0.29) is 0 Å². The van der Waals surface area contributed by atoms with Crippen molar-refractivity contribution in [3.63, 3.8) is 0 Å². The van der Waals surface area contributed by atoms with Crippen LogP contribution in [0.5, 0.6) is 0 Å². The van der Waals surface area contributed by atoms with E-state index in [1.165, 1.54) is 0 Å². The van der Waals surface area contributed by atoms with Gasteiger partial charge in [-0.1, -0.05) is 121 Å². The van der Waals surface area contributed by atoms with Gasteiger partial charge in [0, 0.05) is 40.7 Å². The van der Waals surface area contributed by atoms with Crippen LogP contribution in [0.15, 0.2) is 158 Å². The van der Waals surface area contributed by atoms with E-state index in [9.17, 15) is 9.13 Å². The van der Waals surface area contributed by atoms with Crippen LogP contribution in [0.3, 0.4) is 0 Å². The zero-order valence-corrected chi connectivity index (χ0v) is 27.2.